The summed E-state index contributed by atoms with van der Waals surface area (Å²) in [5.41, 5.74) is -9.04. The molecule has 0 aliphatic rings. The Morgan fingerprint density at radius 2 is 0.958 bits per heavy atom. The summed E-state index contributed by atoms with van der Waals surface area (Å²) in [5, 5.41) is 18.4. The van der Waals surface area contributed by atoms with Gasteiger partial charge in [0.05, 0.1) is 0 Å². The number of benzene rings is 2. The highest BCUT2D eigenvalue weighted by atomic mass is 19.2. The second-order valence-electron chi connectivity index (χ2n) is 4.99. The van der Waals surface area contributed by atoms with Crippen molar-refractivity contribution in [2.24, 2.45) is 0 Å². The Balaban J connectivity index is 2.68. The van der Waals surface area contributed by atoms with Gasteiger partial charge in [0.2, 0.25) is 5.78 Å². The monoisotopic (exact) mass is 334 g/mol. The number of halogens is 2. The molecule has 0 aliphatic carbocycles. The maximum Gasteiger partial charge on any atom is 0.354 e. The van der Waals surface area contributed by atoms with Crippen LogP contribution in [0.15, 0.2) is 60.7 Å². The van der Waals surface area contributed by atoms with Crippen LogP contribution < -0.4 is 0 Å². The highest BCUT2D eigenvalue weighted by Crippen LogP contribution is 2.39. The summed E-state index contributed by atoms with van der Waals surface area (Å²) in [7, 11) is 0. The van der Waals surface area contributed by atoms with Gasteiger partial charge in [-0.3, -0.25) is 4.79 Å². The van der Waals surface area contributed by atoms with E-state index in [2.05, 4.69) is 0 Å². The summed E-state index contributed by atoms with van der Waals surface area (Å²) in [6.07, 6.45) is 0. The fourth-order valence-corrected chi connectivity index (χ4v) is 2.28. The van der Waals surface area contributed by atoms with Crippen molar-refractivity contribution in [1.29, 1.82) is 0 Å². The van der Waals surface area contributed by atoms with Crippen LogP contribution in [0.4, 0.5) is 8.78 Å². The first-order valence-electron chi connectivity index (χ1n) is 6.76. The minimum Gasteiger partial charge on any atom is -0.478 e. The van der Waals surface area contributed by atoms with Gasteiger partial charge in [0.15, 0.2) is 0 Å². The molecule has 2 N–H and O–H groups in total. The summed E-state index contributed by atoms with van der Waals surface area (Å²) >= 11 is 0. The Labute approximate surface area is 135 Å². The number of carbonyl (C=O) groups excluding carboxylic acids is 1. The van der Waals surface area contributed by atoms with Crippen molar-refractivity contribution in [2.75, 3.05) is 0 Å². The molecule has 0 aromatic heterocycles. The number of carboxylic acid groups (broad SMARTS) is 2. The number of ketones is 1. The third-order valence-corrected chi connectivity index (χ3v) is 3.56. The Bertz CT molecular complexity index is 713. The zero-order valence-electron chi connectivity index (χ0n) is 12.1. The van der Waals surface area contributed by atoms with E-state index in [4.69, 9.17) is 0 Å². The third-order valence-electron chi connectivity index (χ3n) is 3.56. The van der Waals surface area contributed by atoms with Crippen LogP contribution in [0.2, 0.25) is 0 Å². The normalized spacial score (nSPS) is 15.8. The van der Waals surface area contributed by atoms with Gasteiger partial charge in [-0.2, -0.15) is 0 Å². The largest absolute Gasteiger partial charge is 0.478 e. The molecule has 0 heterocycles. The van der Waals surface area contributed by atoms with Crippen LogP contribution >= 0.6 is 0 Å². The zero-order chi connectivity index (χ0) is 18.0. The molecule has 2 atom stereocenters. The quantitative estimate of drug-likeness (QED) is 0.792. The van der Waals surface area contributed by atoms with E-state index >= 15 is 8.78 Å². The molecule has 0 saturated carbocycles. The summed E-state index contributed by atoms with van der Waals surface area (Å²) in [6.45, 7) is 0. The molecule has 0 fully saturated rings. The number of alkyl halides is 2. The van der Waals surface area contributed by atoms with Gasteiger partial charge >= 0.3 is 11.9 Å². The van der Waals surface area contributed by atoms with E-state index in [9.17, 15) is 24.6 Å². The molecule has 0 aliphatic heterocycles. The molecule has 0 radical (unpaired) electrons. The number of hydrogen-bond donors (Lipinski definition) is 2. The molecule has 2 aromatic carbocycles. The van der Waals surface area contributed by atoms with Gasteiger partial charge < -0.3 is 10.2 Å². The lowest BCUT2D eigenvalue weighted by Gasteiger charge is -2.27. The van der Waals surface area contributed by atoms with Gasteiger partial charge in [0, 0.05) is 11.1 Å². The smallest absolute Gasteiger partial charge is 0.354 e. The standard InChI is InChI=1S/C17H12F2O5/c18-16(14(21)22,11-7-3-1-4-8-11)13(20)17(19,15(23)24)12-9-5-2-6-10-12/h1-10H,(H,21,22)(H,23,24). The van der Waals surface area contributed by atoms with Gasteiger partial charge in [-0.25, -0.2) is 18.4 Å². The van der Waals surface area contributed by atoms with Gasteiger partial charge in [0.25, 0.3) is 11.3 Å². The molecule has 5 nitrogen and oxygen atoms in total. The molecule has 0 amide bonds. The predicted octanol–water partition coefficient (Wildman–Crippen LogP) is 2.45. The first kappa shape index (κ1) is 17.3. The van der Waals surface area contributed by atoms with Crippen molar-refractivity contribution >= 4 is 17.7 Å². The minimum atomic E-state index is -3.86. The van der Waals surface area contributed by atoms with E-state index in [0.717, 1.165) is 24.3 Å². The fraction of sp³-hybridized carbons (Fsp3) is 0.118. The van der Waals surface area contributed by atoms with Crippen molar-refractivity contribution in [1.82, 2.24) is 0 Å². The van der Waals surface area contributed by atoms with E-state index in [1.807, 2.05) is 0 Å². The van der Waals surface area contributed by atoms with Crippen molar-refractivity contribution < 1.29 is 33.4 Å². The number of carboxylic acids is 2. The van der Waals surface area contributed by atoms with E-state index in [-0.39, 0.29) is 0 Å². The SMILES string of the molecule is O=C(O)C(F)(C(=O)C(F)(C(=O)O)c1ccccc1)c1ccccc1. The average molecular weight is 334 g/mol. The van der Waals surface area contributed by atoms with E-state index in [1.54, 1.807) is 0 Å². The van der Waals surface area contributed by atoms with E-state index in [0.29, 0.717) is 0 Å². The average Bonchev–Trinajstić information content (AvgIpc) is 2.60. The lowest BCUT2D eigenvalue weighted by molar-refractivity contribution is -0.171. The second kappa shape index (κ2) is 6.19. The predicted molar refractivity (Wildman–Crippen MR) is 78.7 cm³/mol. The number of rotatable bonds is 6. The molecule has 0 saturated heterocycles. The van der Waals surface area contributed by atoms with Crippen LogP contribution in [-0.2, 0) is 25.7 Å². The molecule has 24 heavy (non-hydrogen) atoms. The zero-order valence-corrected chi connectivity index (χ0v) is 12.1. The molecule has 7 heteroatoms. The molecule has 2 rings (SSSR count). The Morgan fingerprint density at radius 1 is 0.667 bits per heavy atom. The highest BCUT2D eigenvalue weighted by Gasteiger charge is 2.62. The van der Waals surface area contributed by atoms with Crippen molar-refractivity contribution in [3.8, 4) is 0 Å². The highest BCUT2D eigenvalue weighted by molar-refractivity contribution is 6.19. The van der Waals surface area contributed by atoms with E-state index < -0.39 is 40.2 Å². The van der Waals surface area contributed by atoms with Crippen molar-refractivity contribution in [3.63, 3.8) is 0 Å². The molecule has 2 unspecified atom stereocenters. The van der Waals surface area contributed by atoms with Crippen LogP contribution in [0.3, 0.4) is 0 Å². The van der Waals surface area contributed by atoms with E-state index in [1.165, 1.54) is 36.4 Å². The van der Waals surface area contributed by atoms with Gasteiger partial charge in [-0.1, -0.05) is 60.7 Å². The topological polar surface area (TPSA) is 91.7 Å². The molecular formula is C17H12F2O5. The third kappa shape index (κ3) is 2.54. The van der Waals surface area contributed by atoms with Crippen molar-refractivity contribution in [3.05, 3.63) is 71.8 Å². The first-order chi connectivity index (χ1) is 11.3. The van der Waals surface area contributed by atoms with Gasteiger partial charge in [-0.05, 0) is 0 Å². The molecular weight excluding hydrogens is 322 g/mol. The number of aliphatic carboxylic acids is 2. The van der Waals surface area contributed by atoms with Crippen LogP contribution in [0.1, 0.15) is 11.1 Å². The summed E-state index contributed by atoms with van der Waals surface area (Å²) in [4.78, 5) is 35.3. The summed E-state index contributed by atoms with van der Waals surface area (Å²) < 4.78 is 30.3. The number of hydrogen-bond acceptors (Lipinski definition) is 3. The van der Waals surface area contributed by atoms with Crippen molar-refractivity contribution in [2.45, 2.75) is 11.3 Å². The number of Topliss-reactive ketones (excluding diaryl/α,β-unsaturated/α-hetero) is 1. The molecule has 0 bridgehead atoms. The van der Waals surface area contributed by atoms with Gasteiger partial charge in [0.1, 0.15) is 0 Å². The summed E-state index contributed by atoms with van der Waals surface area (Å²) in [6, 6.07) is 11.8. The fourth-order valence-electron chi connectivity index (χ4n) is 2.28. The second-order valence-corrected chi connectivity index (χ2v) is 4.99. The Hall–Kier alpha value is -3.09. The van der Waals surface area contributed by atoms with Crippen LogP contribution in [0.25, 0.3) is 0 Å². The lowest BCUT2D eigenvalue weighted by atomic mass is 9.79. The lowest BCUT2D eigenvalue weighted by Crippen LogP contribution is -2.52. The Kier molecular flexibility index (Phi) is 4.45. The maximum atomic E-state index is 15.1. The minimum absolute atomic E-state index is 0.665. The van der Waals surface area contributed by atoms with Crippen LogP contribution in [0, 0.1) is 0 Å². The molecule has 124 valence electrons. The molecule has 2 aromatic rings. The van der Waals surface area contributed by atoms with Crippen LogP contribution in [-0.4, -0.2) is 27.9 Å². The Morgan fingerprint density at radius 3 is 1.21 bits per heavy atom. The first-order valence-corrected chi connectivity index (χ1v) is 6.76. The van der Waals surface area contributed by atoms with Gasteiger partial charge in [-0.15, -0.1) is 0 Å². The number of carbonyl (C=O) groups is 3. The van der Waals surface area contributed by atoms with Crippen LogP contribution in [0.5, 0.6) is 0 Å². The summed E-state index contributed by atoms with van der Waals surface area (Å²) in [5.74, 6) is -6.82. The maximum absolute atomic E-state index is 15.1. The molecule has 0 spiro atoms.